The normalized spacial score (nSPS) is 14.4. The highest BCUT2D eigenvalue weighted by Gasteiger charge is 2.31. The van der Waals surface area contributed by atoms with Crippen LogP contribution in [-0.4, -0.2) is 36.0 Å². The van der Waals surface area contributed by atoms with Crippen LogP contribution in [0.2, 0.25) is 0 Å². The Kier molecular flexibility index (Phi) is 6.79. The molecule has 200 valence electrons. The van der Waals surface area contributed by atoms with Gasteiger partial charge < -0.3 is 9.72 Å². The lowest BCUT2D eigenvalue weighted by molar-refractivity contribution is 0.0280. The van der Waals surface area contributed by atoms with Crippen molar-refractivity contribution >= 4 is 32.7 Å². The molecule has 8 heteroatoms. The molecule has 5 aromatic rings. The van der Waals surface area contributed by atoms with E-state index in [0.29, 0.717) is 24.1 Å². The average Bonchev–Trinajstić information content (AvgIpc) is 3.44. The summed E-state index contributed by atoms with van der Waals surface area (Å²) in [6, 6.07) is 29.8. The summed E-state index contributed by atoms with van der Waals surface area (Å²) >= 11 is 0. The highest BCUT2D eigenvalue weighted by atomic mass is 32.2. The predicted octanol–water partition coefficient (Wildman–Crippen LogP) is 5.70. The number of esters is 1. The maximum absolute atomic E-state index is 13.7. The van der Waals surface area contributed by atoms with Crippen molar-refractivity contribution in [1.82, 2.24) is 9.29 Å². The Hall–Kier alpha value is -4.53. The third kappa shape index (κ3) is 4.83. The zero-order chi connectivity index (χ0) is 27.7. The van der Waals surface area contributed by atoms with E-state index in [-0.39, 0.29) is 22.8 Å². The van der Waals surface area contributed by atoms with Crippen molar-refractivity contribution in [3.8, 4) is 0 Å². The molecule has 1 unspecified atom stereocenters. The fourth-order valence-corrected chi connectivity index (χ4v) is 6.57. The van der Waals surface area contributed by atoms with Gasteiger partial charge in [0.05, 0.1) is 10.5 Å². The minimum Gasteiger partial charge on any atom is -0.445 e. The molecule has 0 saturated heterocycles. The molecule has 0 amide bonds. The summed E-state index contributed by atoms with van der Waals surface area (Å²) < 4.78 is 34.3. The third-order valence-corrected chi connectivity index (χ3v) is 9.06. The predicted molar refractivity (Wildman–Crippen MR) is 151 cm³/mol. The number of ether oxygens (including phenoxy) is 1. The van der Waals surface area contributed by atoms with Crippen LogP contribution in [0, 0.1) is 0 Å². The molecule has 4 aromatic carbocycles. The molecule has 0 fully saturated rings. The van der Waals surface area contributed by atoms with Crippen LogP contribution in [0.15, 0.2) is 114 Å². The largest absolute Gasteiger partial charge is 0.445 e. The Morgan fingerprint density at radius 2 is 1.55 bits per heavy atom. The first kappa shape index (κ1) is 25.7. The number of benzene rings is 4. The molecule has 0 bridgehead atoms. The van der Waals surface area contributed by atoms with Gasteiger partial charge in [-0.05, 0) is 41.8 Å². The van der Waals surface area contributed by atoms with Gasteiger partial charge in [-0.15, -0.1) is 0 Å². The first-order chi connectivity index (χ1) is 19.4. The molecule has 7 nitrogen and oxygen atoms in total. The number of nitrogens with one attached hydrogen (secondary N) is 1. The maximum Gasteiger partial charge on any atom is 0.339 e. The van der Waals surface area contributed by atoms with E-state index in [1.165, 1.54) is 28.6 Å². The van der Waals surface area contributed by atoms with Gasteiger partial charge in [0.15, 0.2) is 6.10 Å². The minimum atomic E-state index is -3.86. The Bertz CT molecular complexity index is 1830. The van der Waals surface area contributed by atoms with Crippen LogP contribution in [0.25, 0.3) is 10.9 Å². The SMILES string of the molecule is O=C(OC(C(=O)c1c[nH]c2ccccc12)c1ccccc1)c1cccc(S(=O)(=O)N2CCc3ccccc3C2)c1. The number of sulfonamides is 1. The molecule has 1 N–H and O–H groups in total. The van der Waals surface area contributed by atoms with Crippen molar-refractivity contribution in [3.05, 3.63) is 137 Å². The number of aromatic amines is 1. The van der Waals surface area contributed by atoms with Gasteiger partial charge in [0.1, 0.15) is 0 Å². The number of fused-ring (bicyclic) bond motifs is 2. The second kappa shape index (κ2) is 10.6. The topological polar surface area (TPSA) is 96.5 Å². The minimum absolute atomic E-state index is 0.000507. The fraction of sp³-hybridized carbons (Fsp3) is 0.125. The number of rotatable bonds is 7. The number of aromatic nitrogens is 1. The van der Waals surface area contributed by atoms with E-state index in [9.17, 15) is 18.0 Å². The molecule has 40 heavy (non-hydrogen) atoms. The highest BCUT2D eigenvalue weighted by molar-refractivity contribution is 7.89. The smallest absolute Gasteiger partial charge is 0.339 e. The van der Waals surface area contributed by atoms with E-state index in [1.54, 1.807) is 30.5 Å². The van der Waals surface area contributed by atoms with Gasteiger partial charge in [0.2, 0.25) is 15.8 Å². The number of hydrogen-bond donors (Lipinski definition) is 1. The molecule has 1 aliphatic heterocycles. The lowest BCUT2D eigenvalue weighted by Crippen LogP contribution is -2.36. The zero-order valence-corrected chi connectivity index (χ0v) is 22.3. The van der Waals surface area contributed by atoms with Crippen LogP contribution in [-0.2, 0) is 27.7 Å². The summed E-state index contributed by atoms with van der Waals surface area (Å²) in [4.78, 5) is 30.2. The molecule has 1 aromatic heterocycles. The van der Waals surface area contributed by atoms with Crippen LogP contribution in [0.4, 0.5) is 0 Å². The number of para-hydroxylation sites is 1. The van der Waals surface area contributed by atoms with E-state index >= 15 is 0 Å². The van der Waals surface area contributed by atoms with Crippen molar-refractivity contribution in [2.45, 2.75) is 24.0 Å². The highest BCUT2D eigenvalue weighted by Crippen LogP contribution is 2.29. The van der Waals surface area contributed by atoms with E-state index < -0.39 is 22.1 Å². The van der Waals surface area contributed by atoms with E-state index in [2.05, 4.69) is 4.98 Å². The van der Waals surface area contributed by atoms with Crippen LogP contribution in [0.1, 0.15) is 43.5 Å². The summed E-state index contributed by atoms with van der Waals surface area (Å²) in [5.74, 6) is -1.17. The number of ketones is 1. The lowest BCUT2D eigenvalue weighted by Gasteiger charge is -2.28. The van der Waals surface area contributed by atoms with Gasteiger partial charge in [0, 0.05) is 41.3 Å². The van der Waals surface area contributed by atoms with Gasteiger partial charge in [-0.25, -0.2) is 13.2 Å². The summed E-state index contributed by atoms with van der Waals surface area (Å²) in [5, 5.41) is 0.723. The molecule has 2 heterocycles. The van der Waals surface area contributed by atoms with Gasteiger partial charge in [-0.3, -0.25) is 4.79 Å². The quantitative estimate of drug-likeness (QED) is 0.207. The van der Waals surface area contributed by atoms with Crippen molar-refractivity contribution in [2.24, 2.45) is 0 Å². The monoisotopic (exact) mass is 550 g/mol. The van der Waals surface area contributed by atoms with Crippen molar-refractivity contribution in [1.29, 1.82) is 0 Å². The molecular formula is C32H26N2O5S. The number of Topliss-reactive ketones (excluding diaryl/α,β-unsaturated/α-hetero) is 1. The average molecular weight is 551 g/mol. The summed E-state index contributed by atoms with van der Waals surface area (Å²) in [6.45, 7) is 0.617. The first-order valence-electron chi connectivity index (χ1n) is 12.9. The molecule has 0 saturated carbocycles. The molecule has 6 rings (SSSR count). The van der Waals surface area contributed by atoms with Crippen LogP contribution in [0.5, 0.6) is 0 Å². The van der Waals surface area contributed by atoms with Gasteiger partial charge in [-0.2, -0.15) is 4.31 Å². The Labute approximate surface area is 232 Å². The standard InChI is InChI=1S/C32H26N2O5S/c35-30(28-20-33-29-16-7-6-15-27(28)29)31(23-10-2-1-3-11-23)39-32(36)24-13-8-14-26(19-24)40(37,38)34-18-17-22-9-4-5-12-25(22)21-34/h1-16,19-20,31,33H,17-18,21H2. The summed E-state index contributed by atoms with van der Waals surface area (Å²) in [6.07, 6.45) is 1.01. The number of carbonyl (C=O) groups excluding carboxylic acids is 2. The van der Waals surface area contributed by atoms with Crippen LogP contribution >= 0.6 is 0 Å². The third-order valence-electron chi connectivity index (χ3n) is 7.22. The van der Waals surface area contributed by atoms with Crippen molar-refractivity contribution < 1.29 is 22.7 Å². The van der Waals surface area contributed by atoms with Gasteiger partial charge >= 0.3 is 5.97 Å². The first-order valence-corrected chi connectivity index (χ1v) is 14.4. The number of H-pyrrole nitrogens is 1. The van der Waals surface area contributed by atoms with E-state index in [0.717, 1.165) is 22.0 Å². The van der Waals surface area contributed by atoms with Crippen LogP contribution < -0.4 is 0 Å². The second-order valence-electron chi connectivity index (χ2n) is 9.69. The van der Waals surface area contributed by atoms with E-state index in [4.69, 9.17) is 4.74 Å². The molecule has 1 atom stereocenters. The van der Waals surface area contributed by atoms with Crippen molar-refractivity contribution in [3.63, 3.8) is 0 Å². The Balaban J connectivity index is 1.28. The summed E-state index contributed by atoms with van der Waals surface area (Å²) in [5.41, 5.74) is 3.86. The summed E-state index contributed by atoms with van der Waals surface area (Å²) in [7, 11) is -3.86. The Morgan fingerprint density at radius 1 is 0.825 bits per heavy atom. The lowest BCUT2D eigenvalue weighted by atomic mass is 9.99. The van der Waals surface area contributed by atoms with Crippen LogP contribution in [0.3, 0.4) is 0 Å². The molecular weight excluding hydrogens is 524 g/mol. The number of carbonyl (C=O) groups is 2. The fourth-order valence-electron chi connectivity index (χ4n) is 5.10. The molecule has 1 aliphatic rings. The number of nitrogens with zero attached hydrogens (tertiary/aromatic N) is 1. The van der Waals surface area contributed by atoms with Gasteiger partial charge in [-0.1, -0.05) is 78.9 Å². The Morgan fingerprint density at radius 3 is 2.38 bits per heavy atom. The molecule has 0 radical (unpaired) electrons. The number of hydrogen-bond acceptors (Lipinski definition) is 5. The molecule has 0 aliphatic carbocycles. The van der Waals surface area contributed by atoms with Gasteiger partial charge in [0.25, 0.3) is 0 Å². The zero-order valence-electron chi connectivity index (χ0n) is 21.5. The maximum atomic E-state index is 13.7. The van der Waals surface area contributed by atoms with Crippen molar-refractivity contribution in [2.75, 3.05) is 6.54 Å². The van der Waals surface area contributed by atoms with E-state index in [1.807, 2.05) is 54.6 Å². The second-order valence-corrected chi connectivity index (χ2v) is 11.6. The molecule has 0 spiro atoms.